The second kappa shape index (κ2) is 13.9. The summed E-state index contributed by atoms with van der Waals surface area (Å²) < 4.78 is 5.09. The van der Waals surface area contributed by atoms with E-state index in [9.17, 15) is 4.79 Å². The van der Waals surface area contributed by atoms with Crippen molar-refractivity contribution < 1.29 is 9.53 Å². The maximum Gasteiger partial charge on any atom is 0.211 e. The van der Waals surface area contributed by atoms with Crippen molar-refractivity contribution in [1.82, 2.24) is 10.2 Å². The summed E-state index contributed by atoms with van der Waals surface area (Å²) in [6.07, 6.45) is 18.0. The number of rotatable bonds is 13. The highest BCUT2D eigenvalue weighted by atomic mass is 32.2. The number of nitrogens with zero attached hydrogens (tertiary/aromatic N) is 1. The minimum atomic E-state index is -0.143. The highest BCUT2D eigenvalue weighted by Crippen LogP contribution is 2.34. The van der Waals surface area contributed by atoms with E-state index in [1.54, 1.807) is 7.11 Å². The maximum absolute atomic E-state index is 11.6. The molecule has 26 heavy (non-hydrogen) atoms. The summed E-state index contributed by atoms with van der Waals surface area (Å²) >= 11 is 1.86. The molecule has 0 fully saturated rings. The second-order valence-electron chi connectivity index (χ2n) is 6.88. The van der Waals surface area contributed by atoms with E-state index in [4.69, 9.17) is 4.74 Å². The number of methoxy groups -OCH3 is 1. The molecule has 1 aliphatic rings. The number of thioether (sulfide) groups is 1. The number of carbonyl (C=O) groups excluding carboxylic acids is 1. The second-order valence-corrected chi connectivity index (χ2v) is 7.78. The van der Waals surface area contributed by atoms with Gasteiger partial charge in [0, 0.05) is 13.7 Å². The quantitative estimate of drug-likeness (QED) is 0.218. The Morgan fingerprint density at radius 2 is 2.23 bits per heavy atom. The molecule has 5 heteroatoms. The molecule has 0 saturated heterocycles. The van der Waals surface area contributed by atoms with Gasteiger partial charge < -0.3 is 15.0 Å². The van der Waals surface area contributed by atoms with E-state index in [2.05, 4.69) is 31.5 Å². The molecule has 0 radical (unpaired) electrons. The Labute approximate surface area is 164 Å². The van der Waals surface area contributed by atoms with E-state index < -0.39 is 0 Å². The van der Waals surface area contributed by atoms with Gasteiger partial charge in [0.05, 0.1) is 6.61 Å². The maximum atomic E-state index is 11.6. The minimum Gasteiger partial charge on any atom is -0.381 e. The fraction of sp³-hybridized carbons (Fsp3) is 0.667. The van der Waals surface area contributed by atoms with Gasteiger partial charge in [-0.05, 0) is 66.7 Å². The summed E-state index contributed by atoms with van der Waals surface area (Å²) in [6.45, 7) is 5.79. The number of allylic oxidation sites excluding steroid dienone is 3. The molecule has 0 heterocycles. The van der Waals surface area contributed by atoms with Gasteiger partial charge in [0.25, 0.3) is 0 Å². The van der Waals surface area contributed by atoms with Crippen LogP contribution in [-0.2, 0) is 9.53 Å². The number of unbranched alkanes of at least 4 members (excludes halogenated alkanes) is 2. The molecule has 0 aliphatic heterocycles. The first-order valence-electron chi connectivity index (χ1n) is 9.71. The van der Waals surface area contributed by atoms with Crippen LogP contribution in [-0.4, -0.2) is 44.0 Å². The molecule has 0 saturated carbocycles. The number of nitrogens with one attached hydrogen (secondary N) is 1. The Hall–Kier alpha value is -1.20. The van der Waals surface area contributed by atoms with Crippen molar-refractivity contribution in [3.8, 4) is 0 Å². The van der Waals surface area contributed by atoms with Gasteiger partial charge >= 0.3 is 0 Å². The van der Waals surface area contributed by atoms with E-state index in [0.717, 1.165) is 44.6 Å². The molecule has 4 nitrogen and oxygen atoms in total. The van der Waals surface area contributed by atoms with Gasteiger partial charge in [0.1, 0.15) is 6.17 Å². The molecule has 0 aromatic carbocycles. The van der Waals surface area contributed by atoms with Crippen LogP contribution in [0.15, 0.2) is 34.9 Å². The summed E-state index contributed by atoms with van der Waals surface area (Å²) in [6, 6.07) is 0. The highest BCUT2D eigenvalue weighted by Gasteiger charge is 2.16. The van der Waals surface area contributed by atoms with Crippen molar-refractivity contribution in [3.63, 3.8) is 0 Å². The smallest absolute Gasteiger partial charge is 0.211 e. The van der Waals surface area contributed by atoms with Gasteiger partial charge in [0.2, 0.25) is 6.41 Å². The van der Waals surface area contributed by atoms with Crippen molar-refractivity contribution >= 4 is 18.2 Å². The van der Waals surface area contributed by atoms with E-state index in [-0.39, 0.29) is 6.17 Å². The summed E-state index contributed by atoms with van der Waals surface area (Å²) in [7, 11) is 1.67. The summed E-state index contributed by atoms with van der Waals surface area (Å²) in [5, 5.41) is 3.39. The lowest BCUT2D eigenvalue weighted by atomic mass is 9.90. The molecule has 0 aromatic heterocycles. The molecule has 1 rings (SSSR count). The molecule has 0 spiro atoms. The largest absolute Gasteiger partial charge is 0.381 e. The summed E-state index contributed by atoms with van der Waals surface area (Å²) in [4.78, 5) is 14.9. The van der Waals surface area contributed by atoms with Gasteiger partial charge in [0.15, 0.2) is 0 Å². The Morgan fingerprint density at radius 1 is 1.42 bits per heavy atom. The van der Waals surface area contributed by atoms with E-state index in [1.807, 2.05) is 35.0 Å². The molecule has 2 atom stereocenters. The standard InChI is InChI=1S/C21H36N2O2S/c1-5-6-7-14-23(17-24)21(9-8-15-25-3)22-13-12-19-16-18(2)10-11-20(19)26-4/h8-9,12-13,17-18,21-22H,5-7,10-11,14-16H2,1-4H3/b9-8+,13-12+. The van der Waals surface area contributed by atoms with E-state index >= 15 is 0 Å². The third kappa shape index (κ3) is 8.45. The van der Waals surface area contributed by atoms with Gasteiger partial charge in [-0.1, -0.05) is 32.8 Å². The van der Waals surface area contributed by atoms with E-state index in [1.165, 1.54) is 23.3 Å². The molecule has 2 unspecified atom stereocenters. The zero-order valence-electron chi connectivity index (χ0n) is 16.9. The third-order valence-electron chi connectivity index (χ3n) is 4.68. The average molecular weight is 381 g/mol. The van der Waals surface area contributed by atoms with Crippen molar-refractivity contribution in [2.75, 3.05) is 26.5 Å². The first-order valence-corrected chi connectivity index (χ1v) is 10.9. The Kier molecular flexibility index (Phi) is 12.2. The van der Waals surface area contributed by atoms with Crippen LogP contribution in [0.5, 0.6) is 0 Å². The lowest BCUT2D eigenvalue weighted by Crippen LogP contribution is -2.42. The van der Waals surface area contributed by atoms with Crippen molar-refractivity contribution in [1.29, 1.82) is 0 Å². The van der Waals surface area contributed by atoms with Crippen LogP contribution in [0.1, 0.15) is 52.4 Å². The predicted octanol–water partition coefficient (Wildman–Crippen LogP) is 4.70. The molecule has 0 bridgehead atoms. The molecule has 1 aliphatic carbocycles. The first kappa shape index (κ1) is 22.8. The zero-order valence-corrected chi connectivity index (χ0v) is 17.7. The Balaban J connectivity index is 2.77. The van der Waals surface area contributed by atoms with Crippen LogP contribution in [0.4, 0.5) is 0 Å². The molecule has 0 aromatic rings. The Morgan fingerprint density at radius 3 is 2.88 bits per heavy atom. The van der Waals surface area contributed by atoms with Crippen LogP contribution in [0.3, 0.4) is 0 Å². The fourth-order valence-corrected chi connectivity index (χ4v) is 3.85. The number of hydrogen-bond donors (Lipinski definition) is 1. The SMILES string of the molecule is CCCCCN(C=O)C(/C=C/COC)N/C=C/C1=C(SC)CCC(C)C1. The van der Waals surface area contributed by atoms with Crippen molar-refractivity contribution in [3.05, 3.63) is 34.9 Å². The minimum absolute atomic E-state index is 0.143. The van der Waals surface area contributed by atoms with Crippen LogP contribution < -0.4 is 5.32 Å². The lowest BCUT2D eigenvalue weighted by molar-refractivity contribution is -0.119. The normalized spacial score (nSPS) is 19.3. The predicted molar refractivity (Wildman–Crippen MR) is 113 cm³/mol. The van der Waals surface area contributed by atoms with Crippen LogP contribution >= 0.6 is 11.8 Å². The number of hydrogen-bond acceptors (Lipinski definition) is 4. The number of ether oxygens (including phenoxy) is 1. The van der Waals surface area contributed by atoms with Crippen LogP contribution in [0, 0.1) is 5.92 Å². The first-order chi connectivity index (χ1) is 12.7. The summed E-state index contributed by atoms with van der Waals surface area (Å²) in [5.74, 6) is 0.739. The zero-order chi connectivity index (χ0) is 19.2. The average Bonchev–Trinajstić information content (AvgIpc) is 2.65. The molecule has 1 N–H and O–H groups in total. The van der Waals surface area contributed by atoms with Gasteiger partial charge in [-0.25, -0.2) is 0 Å². The van der Waals surface area contributed by atoms with Crippen LogP contribution in [0.25, 0.3) is 0 Å². The Bertz CT molecular complexity index is 488. The van der Waals surface area contributed by atoms with Gasteiger partial charge in [-0.15, -0.1) is 11.8 Å². The molecule has 148 valence electrons. The third-order valence-corrected chi connectivity index (χ3v) is 5.64. The summed E-state index contributed by atoms with van der Waals surface area (Å²) in [5.41, 5.74) is 1.42. The molecular formula is C21H36N2O2S. The van der Waals surface area contributed by atoms with Crippen LogP contribution in [0.2, 0.25) is 0 Å². The lowest BCUT2D eigenvalue weighted by Gasteiger charge is -2.27. The molecule has 1 amide bonds. The van der Waals surface area contributed by atoms with Crippen molar-refractivity contribution in [2.45, 2.75) is 58.5 Å². The van der Waals surface area contributed by atoms with E-state index in [0.29, 0.717) is 6.61 Å². The van der Waals surface area contributed by atoms with Gasteiger partial charge in [-0.2, -0.15) is 0 Å². The highest BCUT2D eigenvalue weighted by molar-refractivity contribution is 8.02. The number of carbonyl (C=O) groups is 1. The fourth-order valence-electron chi connectivity index (χ4n) is 3.12. The topological polar surface area (TPSA) is 41.6 Å². The van der Waals surface area contributed by atoms with Crippen molar-refractivity contribution in [2.24, 2.45) is 5.92 Å². The number of amides is 1. The van der Waals surface area contributed by atoms with Gasteiger partial charge in [-0.3, -0.25) is 4.79 Å². The molecular weight excluding hydrogens is 344 g/mol. The monoisotopic (exact) mass is 380 g/mol.